The van der Waals surface area contributed by atoms with E-state index >= 15 is 0 Å². The highest BCUT2D eigenvalue weighted by Crippen LogP contribution is 2.31. The molecule has 11 heteroatoms. The predicted octanol–water partition coefficient (Wildman–Crippen LogP) is 3.30. The summed E-state index contributed by atoms with van der Waals surface area (Å²) in [6.45, 7) is 0.725. The van der Waals surface area contributed by atoms with Gasteiger partial charge in [0.15, 0.2) is 6.61 Å². The van der Waals surface area contributed by atoms with Gasteiger partial charge in [-0.1, -0.05) is 12.1 Å². The van der Waals surface area contributed by atoms with Crippen molar-refractivity contribution >= 4 is 28.9 Å². The Labute approximate surface area is 156 Å². The highest BCUT2D eigenvalue weighted by molar-refractivity contribution is 5.99. The number of nitrogens with zero attached hydrogens (tertiary/aromatic N) is 1. The van der Waals surface area contributed by atoms with Gasteiger partial charge in [-0.3, -0.25) is 14.9 Å². The molecule has 0 heterocycles. The van der Waals surface area contributed by atoms with Crippen LogP contribution in [-0.4, -0.2) is 23.4 Å². The molecular formula is C17H14F3N3O5. The normalized spacial score (nSPS) is 11.0. The van der Waals surface area contributed by atoms with Crippen molar-refractivity contribution in [2.45, 2.75) is 13.1 Å². The van der Waals surface area contributed by atoms with E-state index in [2.05, 4.69) is 5.32 Å². The van der Waals surface area contributed by atoms with Crippen LogP contribution in [0.25, 0.3) is 0 Å². The fourth-order valence-electron chi connectivity index (χ4n) is 2.28. The second-order valence-corrected chi connectivity index (χ2v) is 5.65. The molecule has 1 amide bonds. The number of rotatable bonds is 5. The van der Waals surface area contributed by atoms with Gasteiger partial charge in [0, 0.05) is 11.8 Å². The Bertz CT molecular complexity index is 944. The number of nitro groups is 1. The van der Waals surface area contributed by atoms with Crippen molar-refractivity contribution in [2.75, 3.05) is 17.7 Å². The number of nitrogens with one attached hydrogen (secondary N) is 1. The first-order valence-corrected chi connectivity index (χ1v) is 7.68. The second kappa shape index (κ2) is 7.94. The lowest BCUT2D eigenvalue weighted by molar-refractivity contribution is -0.384. The summed E-state index contributed by atoms with van der Waals surface area (Å²) in [5.74, 6) is -1.98. The Morgan fingerprint density at radius 3 is 2.50 bits per heavy atom. The summed E-state index contributed by atoms with van der Waals surface area (Å²) >= 11 is 0. The van der Waals surface area contributed by atoms with E-state index in [1.54, 1.807) is 0 Å². The highest BCUT2D eigenvalue weighted by Gasteiger charge is 2.31. The van der Waals surface area contributed by atoms with Gasteiger partial charge in [-0.25, -0.2) is 4.79 Å². The quantitative estimate of drug-likeness (QED) is 0.345. The SMILES string of the molecule is Cc1cccc([N+](=O)[O-])c1NC(=O)COC(=O)c1ccc(C(F)(F)F)cc1N. The number of esters is 1. The summed E-state index contributed by atoms with van der Waals surface area (Å²) in [5, 5.41) is 13.3. The number of aryl methyl sites for hydroxylation is 1. The van der Waals surface area contributed by atoms with Crippen LogP contribution in [0.2, 0.25) is 0 Å². The number of nitrogens with two attached hydrogens (primary N) is 1. The molecule has 0 bridgehead atoms. The molecule has 148 valence electrons. The number of para-hydroxylation sites is 1. The molecule has 0 saturated carbocycles. The Morgan fingerprint density at radius 2 is 1.93 bits per heavy atom. The predicted molar refractivity (Wildman–Crippen MR) is 92.6 cm³/mol. The van der Waals surface area contributed by atoms with Crippen molar-refractivity contribution in [3.8, 4) is 0 Å². The van der Waals surface area contributed by atoms with Crippen LogP contribution in [0.5, 0.6) is 0 Å². The molecule has 2 rings (SSSR count). The molecule has 0 fully saturated rings. The van der Waals surface area contributed by atoms with Crippen LogP contribution in [0, 0.1) is 17.0 Å². The summed E-state index contributed by atoms with van der Waals surface area (Å²) in [6, 6.07) is 6.24. The standard InChI is InChI=1S/C17H14F3N3O5/c1-9-3-2-4-13(23(26)27)15(9)22-14(24)8-28-16(25)11-6-5-10(7-12(11)21)17(18,19)20/h2-7H,8,21H2,1H3,(H,22,24). The number of ether oxygens (including phenoxy) is 1. The summed E-state index contributed by atoms with van der Waals surface area (Å²) < 4.78 is 42.6. The van der Waals surface area contributed by atoms with E-state index < -0.39 is 40.8 Å². The van der Waals surface area contributed by atoms with Crippen molar-refractivity contribution in [1.82, 2.24) is 0 Å². The van der Waals surface area contributed by atoms with Gasteiger partial charge < -0.3 is 15.8 Å². The van der Waals surface area contributed by atoms with Crippen molar-refractivity contribution in [2.24, 2.45) is 0 Å². The monoisotopic (exact) mass is 397 g/mol. The molecule has 28 heavy (non-hydrogen) atoms. The zero-order valence-corrected chi connectivity index (χ0v) is 14.4. The number of anilines is 2. The number of alkyl halides is 3. The number of nitrogen functional groups attached to an aromatic ring is 1. The van der Waals surface area contributed by atoms with Gasteiger partial charge in [0.05, 0.1) is 16.1 Å². The average molecular weight is 397 g/mol. The third-order valence-electron chi connectivity index (χ3n) is 3.65. The second-order valence-electron chi connectivity index (χ2n) is 5.65. The van der Waals surface area contributed by atoms with Crippen LogP contribution < -0.4 is 11.1 Å². The van der Waals surface area contributed by atoms with Crippen LogP contribution in [-0.2, 0) is 15.7 Å². The molecule has 0 aliphatic heterocycles. The molecule has 0 aromatic heterocycles. The van der Waals surface area contributed by atoms with Gasteiger partial charge in [0.2, 0.25) is 0 Å². The van der Waals surface area contributed by atoms with Crippen LogP contribution in [0.15, 0.2) is 36.4 Å². The minimum absolute atomic E-state index is 0.0532. The molecule has 0 saturated heterocycles. The first kappa shape index (κ1) is 20.7. The Balaban J connectivity index is 2.06. The van der Waals surface area contributed by atoms with E-state index in [-0.39, 0.29) is 16.9 Å². The van der Waals surface area contributed by atoms with E-state index in [4.69, 9.17) is 10.5 Å². The fraction of sp³-hybridized carbons (Fsp3) is 0.176. The number of carbonyl (C=O) groups excluding carboxylic acids is 2. The van der Waals surface area contributed by atoms with Gasteiger partial charge in [-0.05, 0) is 30.7 Å². The third-order valence-corrected chi connectivity index (χ3v) is 3.65. The molecule has 0 radical (unpaired) electrons. The Morgan fingerprint density at radius 1 is 1.25 bits per heavy atom. The summed E-state index contributed by atoms with van der Waals surface area (Å²) in [7, 11) is 0. The van der Waals surface area contributed by atoms with Gasteiger partial charge in [0.1, 0.15) is 5.69 Å². The zero-order chi connectivity index (χ0) is 21.1. The molecule has 0 unspecified atom stereocenters. The van der Waals surface area contributed by atoms with Crippen molar-refractivity contribution in [1.29, 1.82) is 0 Å². The lowest BCUT2D eigenvalue weighted by atomic mass is 10.1. The van der Waals surface area contributed by atoms with Crippen LogP contribution in [0.4, 0.5) is 30.2 Å². The summed E-state index contributed by atoms with van der Waals surface area (Å²) in [5.41, 5.74) is 3.62. The maximum atomic E-state index is 12.6. The van der Waals surface area contributed by atoms with E-state index in [1.807, 2.05) is 0 Å². The van der Waals surface area contributed by atoms with Crippen molar-refractivity contribution < 1.29 is 32.4 Å². The minimum Gasteiger partial charge on any atom is -0.452 e. The molecule has 0 atom stereocenters. The lowest BCUT2D eigenvalue weighted by Gasteiger charge is -2.11. The number of nitro benzene ring substituents is 1. The molecule has 2 aromatic rings. The van der Waals surface area contributed by atoms with Gasteiger partial charge >= 0.3 is 12.1 Å². The maximum absolute atomic E-state index is 12.6. The molecule has 2 aromatic carbocycles. The summed E-state index contributed by atoms with van der Waals surface area (Å²) in [4.78, 5) is 34.2. The van der Waals surface area contributed by atoms with Crippen LogP contribution >= 0.6 is 0 Å². The minimum atomic E-state index is -4.63. The number of amides is 1. The molecule has 8 nitrogen and oxygen atoms in total. The van der Waals surface area contributed by atoms with Gasteiger partial charge in [0.25, 0.3) is 11.6 Å². The van der Waals surface area contributed by atoms with E-state index in [1.165, 1.54) is 25.1 Å². The van der Waals surface area contributed by atoms with E-state index in [0.717, 1.165) is 6.07 Å². The molecular weight excluding hydrogens is 383 g/mol. The molecule has 0 spiro atoms. The van der Waals surface area contributed by atoms with E-state index in [0.29, 0.717) is 17.7 Å². The number of halogens is 3. The topological polar surface area (TPSA) is 125 Å². The zero-order valence-electron chi connectivity index (χ0n) is 14.4. The third kappa shape index (κ3) is 4.75. The maximum Gasteiger partial charge on any atom is 0.416 e. The number of hydrogen-bond acceptors (Lipinski definition) is 6. The summed E-state index contributed by atoms with van der Waals surface area (Å²) in [6.07, 6.45) is -4.63. The fourth-order valence-corrected chi connectivity index (χ4v) is 2.28. The number of benzene rings is 2. The Kier molecular flexibility index (Phi) is 5.87. The highest BCUT2D eigenvalue weighted by atomic mass is 19.4. The smallest absolute Gasteiger partial charge is 0.416 e. The first-order chi connectivity index (χ1) is 13.0. The molecule has 0 aliphatic carbocycles. The lowest BCUT2D eigenvalue weighted by Crippen LogP contribution is -2.22. The average Bonchev–Trinajstić information content (AvgIpc) is 2.60. The van der Waals surface area contributed by atoms with Crippen molar-refractivity contribution in [3.63, 3.8) is 0 Å². The number of carbonyl (C=O) groups is 2. The van der Waals surface area contributed by atoms with E-state index in [9.17, 15) is 32.9 Å². The number of hydrogen-bond donors (Lipinski definition) is 2. The molecule has 0 aliphatic rings. The van der Waals surface area contributed by atoms with Crippen molar-refractivity contribution in [3.05, 3.63) is 63.2 Å². The van der Waals surface area contributed by atoms with Crippen LogP contribution in [0.3, 0.4) is 0 Å². The first-order valence-electron chi connectivity index (χ1n) is 7.68. The Hall–Kier alpha value is -3.63. The van der Waals surface area contributed by atoms with Gasteiger partial charge in [-0.2, -0.15) is 13.2 Å². The van der Waals surface area contributed by atoms with Gasteiger partial charge in [-0.15, -0.1) is 0 Å². The largest absolute Gasteiger partial charge is 0.452 e. The van der Waals surface area contributed by atoms with Crippen LogP contribution in [0.1, 0.15) is 21.5 Å². The molecule has 3 N–H and O–H groups in total.